The minimum absolute atomic E-state index is 0.0770. The van der Waals surface area contributed by atoms with Gasteiger partial charge in [0.1, 0.15) is 11.5 Å². The summed E-state index contributed by atoms with van der Waals surface area (Å²) in [5.41, 5.74) is 6.74. The Morgan fingerprint density at radius 2 is 1.82 bits per heavy atom. The van der Waals surface area contributed by atoms with Gasteiger partial charge in [0.25, 0.3) is 0 Å². The van der Waals surface area contributed by atoms with Crippen LogP contribution in [-0.4, -0.2) is 30.4 Å². The first kappa shape index (κ1) is 24.5. The monoisotopic (exact) mass is 506 g/mol. The van der Waals surface area contributed by atoms with Crippen LogP contribution in [0.1, 0.15) is 49.7 Å². The number of hydrogen-bond donors (Lipinski definition) is 1. The highest BCUT2D eigenvalue weighted by molar-refractivity contribution is 5.94. The highest BCUT2D eigenvalue weighted by atomic mass is 16.5. The fourth-order valence-electron chi connectivity index (χ4n) is 6.21. The van der Waals surface area contributed by atoms with Gasteiger partial charge in [0.05, 0.1) is 12.5 Å². The van der Waals surface area contributed by atoms with Gasteiger partial charge < -0.3 is 14.8 Å². The first-order chi connectivity index (χ1) is 18.7. The lowest BCUT2D eigenvalue weighted by Gasteiger charge is -2.34. The van der Waals surface area contributed by atoms with Gasteiger partial charge in [0, 0.05) is 41.8 Å². The Balaban J connectivity index is 1.29. The maximum atomic E-state index is 11.8. The summed E-state index contributed by atoms with van der Waals surface area (Å²) in [6, 6.07) is 23.0. The molecule has 1 saturated heterocycles. The third-order valence-electron chi connectivity index (χ3n) is 7.92. The standard InChI is InChI=1S/C33H34N2O3/c1-23(36)34-30-12-4-2-10-27(30)26-14-15-29-32(20-26)38-31-13-5-3-11-28(31)33(29)25-9-6-17-35(18-16-25)21-24-8-7-19-37-22-24/h2-5,7,10-15,19-20,22,25,33H,6,8-9,16-18,21H2,1H3,(H,34,36). The molecule has 0 aliphatic carbocycles. The summed E-state index contributed by atoms with van der Waals surface area (Å²) in [5.74, 6) is 2.63. The first-order valence-electron chi connectivity index (χ1n) is 13.6. The third-order valence-corrected chi connectivity index (χ3v) is 7.92. The second kappa shape index (κ2) is 10.9. The molecular formula is C33H34N2O3. The van der Waals surface area contributed by atoms with E-state index in [2.05, 4.69) is 58.8 Å². The van der Waals surface area contributed by atoms with E-state index in [1.807, 2.05) is 30.5 Å². The molecule has 3 aliphatic heterocycles. The molecule has 194 valence electrons. The zero-order valence-corrected chi connectivity index (χ0v) is 21.9. The Morgan fingerprint density at radius 1 is 0.974 bits per heavy atom. The van der Waals surface area contributed by atoms with Crippen molar-refractivity contribution in [1.29, 1.82) is 0 Å². The van der Waals surface area contributed by atoms with Crippen LogP contribution in [0.5, 0.6) is 11.5 Å². The lowest BCUT2D eigenvalue weighted by atomic mass is 9.75. The molecule has 0 saturated carbocycles. The fourth-order valence-corrected chi connectivity index (χ4v) is 6.21. The summed E-state index contributed by atoms with van der Waals surface area (Å²) in [4.78, 5) is 14.4. The molecule has 0 radical (unpaired) electrons. The zero-order chi connectivity index (χ0) is 25.9. The predicted octanol–water partition coefficient (Wildman–Crippen LogP) is 7.47. The first-order valence-corrected chi connectivity index (χ1v) is 13.6. The fraction of sp³-hybridized carbons (Fsp3) is 0.303. The molecule has 0 aromatic heterocycles. The Hall–Kier alpha value is -3.83. The largest absolute Gasteiger partial charge is 0.473 e. The van der Waals surface area contributed by atoms with Crippen LogP contribution in [-0.2, 0) is 9.53 Å². The van der Waals surface area contributed by atoms with Crippen molar-refractivity contribution >= 4 is 11.6 Å². The van der Waals surface area contributed by atoms with Crippen LogP contribution in [0.15, 0.2) is 90.9 Å². The average Bonchev–Trinajstić information content (AvgIpc) is 3.17. The normalized spacial score (nSPS) is 20.7. The van der Waals surface area contributed by atoms with E-state index in [-0.39, 0.29) is 5.91 Å². The number of ether oxygens (including phenoxy) is 2. The van der Waals surface area contributed by atoms with Gasteiger partial charge in [-0.15, -0.1) is 0 Å². The van der Waals surface area contributed by atoms with Gasteiger partial charge in [-0.3, -0.25) is 9.69 Å². The van der Waals surface area contributed by atoms with Crippen molar-refractivity contribution in [3.63, 3.8) is 0 Å². The lowest BCUT2D eigenvalue weighted by molar-refractivity contribution is -0.114. The Labute approximate surface area is 224 Å². The Bertz CT molecular complexity index is 1390. The van der Waals surface area contributed by atoms with Crippen molar-refractivity contribution in [3.8, 4) is 22.6 Å². The molecule has 3 aromatic rings. The molecule has 0 bridgehead atoms. The smallest absolute Gasteiger partial charge is 0.221 e. The zero-order valence-electron chi connectivity index (χ0n) is 21.9. The number of anilines is 1. The van der Waals surface area contributed by atoms with Gasteiger partial charge in [-0.1, -0.05) is 48.5 Å². The highest BCUT2D eigenvalue weighted by Crippen LogP contribution is 2.50. The molecule has 1 N–H and O–H groups in total. The second-order valence-electron chi connectivity index (χ2n) is 10.6. The number of hydrogen-bond acceptors (Lipinski definition) is 4. The molecule has 5 heteroatoms. The van der Waals surface area contributed by atoms with Gasteiger partial charge in [-0.25, -0.2) is 0 Å². The molecule has 1 amide bonds. The maximum Gasteiger partial charge on any atom is 0.221 e. The molecule has 38 heavy (non-hydrogen) atoms. The molecule has 5 nitrogen and oxygen atoms in total. The number of amides is 1. The summed E-state index contributed by atoms with van der Waals surface area (Å²) in [5, 5.41) is 2.97. The number of benzene rings is 3. The summed E-state index contributed by atoms with van der Waals surface area (Å²) in [6.45, 7) is 4.73. The van der Waals surface area contributed by atoms with Crippen molar-refractivity contribution in [3.05, 3.63) is 102 Å². The third kappa shape index (κ3) is 5.11. The number of fused-ring (bicyclic) bond motifs is 2. The van der Waals surface area contributed by atoms with Gasteiger partial charge in [0.15, 0.2) is 0 Å². The van der Waals surface area contributed by atoms with Crippen molar-refractivity contribution < 1.29 is 14.3 Å². The topological polar surface area (TPSA) is 50.8 Å². The van der Waals surface area contributed by atoms with E-state index < -0.39 is 0 Å². The predicted molar refractivity (Wildman–Crippen MR) is 151 cm³/mol. The van der Waals surface area contributed by atoms with Crippen LogP contribution in [0.25, 0.3) is 11.1 Å². The van der Waals surface area contributed by atoms with Gasteiger partial charge in [-0.05, 0) is 80.1 Å². The van der Waals surface area contributed by atoms with E-state index in [1.165, 1.54) is 29.5 Å². The number of carbonyl (C=O) groups is 1. The second-order valence-corrected chi connectivity index (χ2v) is 10.6. The molecule has 1 fully saturated rings. The molecule has 2 unspecified atom stereocenters. The summed E-state index contributed by atoms with van der Waals surface area (Å²) < 4.78 is 11.9. The van der Waals surface area contributed by atoms with Crippen molar-refractivity contribution in [2.24, 2.45) is 5.92 Å². The van der Waals surface area contributed by atoms with E-state index in [1.54, 1.807) is 13.2 Å². The van der Waals surface area contributed by atoms with Gasteiger partial charge in [-0.2, -0.15) is 0 Å². The van der Waals surface area contributed by atoms with E-state index in [0.717, 1.165) is 60.8 Å². The van der Waals surface area contributed by atoms with E-state index in [9.17, 15) is 4.79 Å². The van der Waals surface area contributed by atoms with E-state index in [4.69, 9.17) is 9.47 Å². The molecule has 0 spiro atoms. The Morgan fingerprint density at radius 3 is 2.68 bits per heavy atom. The van der Waals surface area contributed by atoms with Crippen molar-refractivity contribution in [2.45, 2.75) is 38.5 Å². The number of nitrogens with one attached hydrogen (secondary N) is 1. The molecular weight excluding hydrogens is 472 g/mol. The van der Waals surface area contributed by atoms with Crippen LogP contribution >= 0.6 is 0 Å². The molecule has 6 rings (SSSR count). The van der Waals surface area contributed by atoms with Crippen molar-refractivity contribution in [2.75, 3.05) is 25.0 Å². The average molecular weight is 507 g/mol. The SMILES string of the molecule is CC(=O)Nc1ccccc1-c1ccc2c(c1)Oc1ccccc1C2C1CCCN(CC2=COC=CC2)CC1. The van der Waals surface area contributed by atoms with Crippen LogP contribution in [0, 0.1) is 5.92 Å². The molecule has 3 heterocycles. The number of allylic oxidation sites excluding steroid dienone is 1. The minimum Gasteiger partial charge on any atom is -0.473 e. The molecule has 3 aromatic carbocycles. The number of nitrogens with zero attached hydrogens (tertiary/aromatic N) is 1. The molecule has 2 atom stereocenters. The van der Waals surface area contributed by atoms with Crippen LogP contribution in [0.4, 0.5) is 5.69 Å². The van der Waals surface area contributed by atoms with Crippen LogP contribution in [0.2, 0.25) is 0 Å². The Kier molecular flexibility index (Phi) is 7.02. The maximum absolute atomic E-state index is 11.8. The number of rotatable bonds is 5. The minimum atomic E-state index is -0.0770. The number of para-hydroxylation sites is 2. The summed E-state index contributed by atoms with van der Waals surface area (Å²) >= 11 is 0. The van der Waals surface area contributed by atoms with Crippen LogP contribution in [0.3, 0.4) is 0 Å². The molecule has 3 aliphatic rings. The highest BCUT2D eigenvalue weighted by Gasteiger charge is 2.34. The number of carbonyl (C=O) groups excluding carboxylic acids is 1. The summed E-state index contributed by atoms with van der Waals surface area (Å²) in [6.07, 6.45) is 10.3. The van der Waals surface area contributed by atoms with E-state index >= 15 is 0 Å². The number of likely N-dealkylation sites (tertiary alicyclic amines) is 1. The van der Waals surface area contributed by atoms with Gasteiger partial charge in [0.2, 0.25) is 5.91 Å². The van der Waals surface area contributed by atoms with Gasteiger partial charge >= 0.3 is 0 Å². The summed E-state index contributed by atoms with van der Waals surface area (Å²) in [7, 11) is 0. The lowest BCUT2D eigenvalue weighted by Crippen LogP contribution is -2.28. The van der Waals surface area contributed by atoms with Crippen LogP contribution < -0.4 is 10.1 Å². The quantitative estimate of drug-likeness (QED) is 0.390. The van der Waals surface area contributed by atoms with E-state index in [0.29, 0.717) is 11.8 Å². The van der Waals surface area contributed by atoms with Crippen molar-refractivity contribution in [1.82, 2.24) is 4.90 Å².